The van der Waals surface area contributed by atoms with Crippen LogP contribution in [0.2, 0.25) is 0 Å². The molecule has 110 valence electrons. The summed E-state index contributed by atoms with van der Waals surface area (Å²) in [6.45, 7) is 4.35. The van der Waals surface area contributed by atoms with Crippen molar-refractivity contribution >= 4 is 27.1 Å². The third-order valence-electron chi connectivity index (χ3n) is 3.18. The Morgan fingerprint density at radius 3 is 2.15 bits per heavy atom. The molecule has 1 aromatic carbocycles. The fourth-order valence-corrected chi connectivity index (χ4v) is 1.69. The van der Waals surface area contributed by atoms with Gasteiger partial charge in [-0.1, -0.05) is 17.3 Å². The minimum Gasteiger partial charge on any atom is -0.411 e. The molecular weight excluding hydrogens is 280 g/mol. The number of anilines is 1. The highest BCUT2D eigenvalue weighted by molar-refractivity contribution is 7.92. The summed E-state index contributed by atoms with van der Waals surface area (Å²) in [5, 5.41) is 14.3. The Bertz CT molecular complexity index is 631. The van der Waals surface area contributed by atoms with Crippen LogP contribution in [0.3, 0.4) is 0 Å². The van der Waals surface area contributed by atoms with Crippen molar-refractivity contribution in [3.05, 3.63) is 29.8 Å². The number of nitrogens with one attached hydrogen (secondary N) is 1. The molecule has 2 N–H and O–H groups in total. The van der Waals surface area contributed by atoms with Crippen molar-refractivity contribution in [2.75, 3.05) is 11.6 Å². The molecular formula is C13H18N2O4S. The summed E-state index contributed by atoms with van der Waals surface area (Å²) in [4.78, 5) is 12.0. The topological polar surface area (TPSA) is 95.8 Å². The second kappa shape index (κ2) is 5.62. The van der Waals surface area contributed by atoms with Crippen molar-refractivity contribution in [2.45, 2.75) is 25.5 Å². The molecule has 1 amide bonds. The molecule has 0 bridgehead atoms. The zero-order valence-electron chi connectivity index (χ0n) is 11.8. The molecule has 0 radical (unpaired) electrons. The van der Waals surface area contributed by atoms with E-state index in [0.29, 0.717) is 17.0 Å². The number of benzene rings is 1. The fraction of sp³-hybridized carbons (Fsp3) is 0.385. The van der Waals surface area contributed by atoms with E-state index in [2.05, 4.69) is 10.5 Å². The lowest BCUT2D eigenvalue weighted by Crippen LogP contribution is -2.43. The number of hydrogen-bond donors (Lipinski definition) is 2. The van der Waals surface area contributed by atoms with Gasteiger partial charge in [-0.15, -0.1) is 0 Å². The summed E-state index contributed by atoms with van der Waals surface area (Å²) in [5.74, 6) is -0.597. The Labute approximate surface area is 118 Å². The van der Waals surface area contributed by atoms with E-state index in [1.54, 1.807) is 31.2 Å². The van der Waals surface area contributed by atoms with Crippen molar-refractivity contribution in [3.8, 4) is 0 Å². The summed E-state index contributed by atoms with van der Waals surface area (Å²) in [7, 11) is -3.51. The van der Waals surface area contributed by atoms with Crippen LogP contribution < -0.4 is 5.32 Å². The highest BCUT2D eigenvalue weighted by atomic mass is 32.2. The van der Waals surface area contributed by atoms with Crippen LogP contribution in [-0.2, 0) is 14.6 Å². The van der Waals surface area contributed by atoms with E-state index in [1.165, 1.54) is 13.8 Å². The van der Waals surface area contributed by atoms with E-state index in [-0.39, 0.29) is 0 Å². The molecule has 0 saturated heterocycles. The van der Waals surface area contributed by atoms with E-state index >= 15 is 0 Å². The molecule has 0 heterocycles. The predicted molar refractivity (Wildman–Crippen MR) is 78.0 cm³/mol. The molecule has 0 aliphatic rings. The van der Waals surface area contributed by atoms with Crippen LogP contribution in [0.5, 0.6) is 0 Å². The second-order valence-electron chi connectivity index (χ2n) is 5.00. The lowest BCUT2D eigenvalue weighted by atomic mass is 10.1. The molecule has 20 heavy (non-hydrogen) atoms. The number of carbonyl (C=O) groups excluding carboxylic acids is 1. The zero-order valence-corrected chi connectivity index (χ0v) is 12.7. The molecule has 0 atom stereocenters. The number of nitrogens with zero attached hydrogens (tertiary/aromatic N) is 1. The van der Waals surface area contributed by atoms with Crippen molar-refractivity contribution in [1.29, 1.82) is 0 Å². The maximum absolute atomic E-state index is 12.0. The minimum absolute atomic E-state index is 0.444. The molecule has 1 aromatic rings. The molecule has 0 aliphatic carbocycles. The number of amides is 1. The first kappa shape index (κ1) is 16.2. The van der Waals surface area contributed by atoms with Gasteiger partial charge in [0.05, 0.1) is 5.71 Å². The third kappa shape index (κ3) is 3.36. The number of carbonyl (C=O) groups is 1. The van der Waals surface area contributed by atoms with Crippen LogP contribution in [0.25, 0.3) is 0 Å². The molecule has 7 heteroatoms. The first-order chi connectivity index (χ1) is 9.09. The van der Waals surface area contributed by atoms with E-state index < -0.39 is 20.5 Å². The summed E-state index contributed by atoms with van der Waals surface area (Å²) in [6, 6.07) is 6.55. The standard InChI is InChI=1S/C13H18N2O4S/c1-9(15-17)10-5-7-11(8-6-10)14-12(16)13(2,3)20(4,18)19/h5-8,17H,1-4H3,(H,14,16). The largest absolute Gasteiger partial charge is 0.411 e. The van der Waals surface area contributed by atoms with Crippen LogP contribution >= 0.6 is 0 Å². The van der Waals surface area contributed by atoms with Crippen LogP contribution in [-0.4, -0.2) is 36.2 Å². The monoisotopic (exact) mass is 298 g/mol. The molecule has 0 aliphatic heterocycles. The first-order valence-electron chi connectivity index (χ1n) is 5.89. The molecule has 1 rings (SSSR count). The Kier molecular flexibility index (Phi) is 4.54. The van der Waals surface area contributed by atoms with Gasteiger partial charge in [0.1, 0.15) is 4.75 Å². The lowest BCUT2D eigenvalue weighted by Gasteiger charge is -2.21. The zero-order chi connectivity index (χ0) is 15.6. The number of sulfone groups is 1. The van der Waals surface area contributed by atoms with Crippen LogP contribution in [0.4, 0.5) is 5.69 Å². The highest BCUT2D eigenvalue weighted by Gasteiger charge is 2.38. The smallest absolute Gasteiger partial charge is 0.245 e. The van der Waals surface area contributed by atoms with Gasteiger partial charge in [0.15, 0.2) is 9.84 Å². The number of rotatable bonds is 4. The minimum atomic E-state index is -3.51. The SMILES string of the molecule is CC(=NO)c1ccc(NC(=O)C(C)(C)S(C)(=O)=O)cc1. The second-order valence-corrected chi connectivity index (χ2v) is 7.56. The molecule has 0 saturated carbocycles. The fourth-order valence-electron chi connectivity index (χ4n) is 1.30. The van der Waals surface area contributed by atoms with Crippen LogP contribution in [0, 0.1) is 0 Å². The van der Waals surface area contributed by atoms with Gasteiger partial charge >= 0.3 is 0 Å². The summed E-state index contributed by atoms with van der Waals surface area (Å²) < 4.78 is 21.6. The van der Waals surface area contributed by atoms with Gasteiger partial charge in [0.2, 0.25) is 5.91 Å². The molecule has 0 unspecified atom stereocenters. The molecule has 6 nitrogen and oxygen atoms in total. The average molecular weight is 298 g/mol. The Balaban J connectivity index is 2.93. The van der Waals surface area contributed by atoms with Gasteiger partial charge < -0.3 is 10.5 Å². The van der Waals surface area contributed by atoms with Gasteiger partial charge in [-0.05, 0) is 38.5 Å². The Hall–Kier alpha value is -1.89. The van der Waals surface area contributed by atoms with E-state index in [1.807, 2.05) is 0 Å². The number of hydrogen-bond acceptors (Lipinski definition) is 5. The van der Waals surface area contributed by atoms with E-state index in [9.17, 15) is 13.2 Å². The van der Waals surface area contributed by atoms with Crippen LogP contribution in [0.15, 0.2) is 29.4 Å². The van der Waals surface area contributed by atoms with E-state index in [0.717, 1.165) is 6.26 Å². The maximum Gasteiger partial charge on any atom is 0.245 e. The summed E-state index contributed by atoms with van der Waals surface area (Å²) in [5.41, 5.74) is 1.62. The predicted octanol–water partition coefficient (Wildman–Crippen LogP) is 1.65. The van der Waals surface area contributed by atoms with Crippen molar-refractivity contribution in [2.24, 2.45) is 5.16 Å². The van der Waals surface area contributed by atoms with Gasteiger partial charge in [0.25, 0.3) is 0 Å². The van der Waals surface area contributed by atoms with Crippen molar-refractivity contribution in [3.63, 3.8) is 0 Å². The van der Waals surface area contributed by atoms with Gasteiger partial charge in [-0.2, -0.15) is 0 Å². The normalized spacial score (nSPS) is 13.1. The Morgan fingerprint density at radius 2 is 1.75 bits per heavy atom. The first-order valence-corrected chi connectivity index (χ1v) is 7.79. The van der Waals surface area contributed by atoms with E-state index in [4.69, 9.17) is 5.21 Å². The molecule has 0 fully saturated rings. The van der Waals surface area contributed by atoms with Crippen molar-refractivity contribution < 1.29 is 18.4 Å². The third-order valence-corrected chi connectivity index (χ3v) is 5.22. The van der Waals surface area contributed by atoms with Crippen molar-refractivity contribution in [1.82, 2.24) is 0 Å². The number of oxime groups is 1. The summed E-state index contributed by atoms with van der Waals surface area (Å²) in [6.07, 6.45) is 1.02. The highest BCUT2D eigenvalue weighted by Crippen LogP contribution is 2.19. The van der Waals surface area contributed by atoms with Gasteiger partial charge in [0, 0.05) is 11.9 Å². The molecule has 0 aromatic heterocycles. The van der Waals surface area contributed by atoms with Gasteiger partial charge in [-0.3, -0.25) is 4.79 Å². The lowest BCUT2D eigenvalue weighted by molar-refractivity contribution is -0.117. The molecule has 0 spiro atoms. The quantitative estimate of drug-likeness (QED) is 0.502. The van der Waals surface area contributed by atoms with Gasteiger partial charge in [-0.25, -0.2) is 8.42 Å². The summed E-state index contributed by atoms with van der Waals surface area (Å²) >= 11 is 0. The van der Waals surface area contributed by atoms with Crippen LogP contribution in [0.1, 0.15) is 26.3 Å². The maximum atomic E-state index is 12.0. The average Bonchev–Trinajstić information content (AvgIpc) is 2.37. The Morgan fingerprint density at radius 1 is 1.25 bits per heavy atom.